The number of hydrogen-bond donors (Lipinski definition) is 2. The zero-order valence-corrected chi connectivity index (χ0v) is 12.7. The van der Waals surface area contributed by atoms with Crippen LogP contribution in [0.1, 0.15) is 19.8 Å². The molecule has 18 heavy (non-hydrogen) atoms. The fraction of sp³-hybridized carbons (Fsp3) is 0.333. The number of aliphatic carboxylic acids is 1. The summed E-state index contributed by atoms with van der Waals surface area (Å²) in [5, 5.41) is 11.8. The molecular weight excluding hydrogens is 368 g/mol. The molecule has 0 aliphatic carbocycles. The summed E-state index contributed by atoms with van der Waals surface area (Å²) in [6.45, 7) is 1.73. The van der Waals surface area contributed by atoms with Crippen LogP contribution in [0.25, 0.3) is 0 Å². The normalized spacial score (nSPS) is 11.9. The van der Waals surface area contributed by atoms with Gasteiger partial charge in [0.2, 0.25) is 5.91 Å². The van der Waals surface area contributed by atoms with Crippen molar-refractivity contribution in [2.24, 2.45) is 5.92 Å². The number of carboxylic acid groups (broad SMARTS) is 1. The van der Waals surface area contributed by atoms with Gasteiger partial charge in [-0.05, 0) is 46.7 Å². The molecule has 1 rings (SSSR count). The number of halogens is 2. The fourth-order valence-electron chi connectivity index (χ4n) is 1.48. The molecule has 2 N–H and O–H groups in total. The molecule has 0 aliphatic heterocycles. The number of rotatable bonds is 5. The first-order chi connectivity index (χ1) is 8.38. The second-order valence-electron chi connectivity index (χ2n) is 4.08. The summed E-state index contributed by atoms with van der Waals surface area (Å²) in [6.07, 6.45) is 0.140. The zero-order chi connectivity index (χ0) is 13.7. The molecule has 1 amide bonds. The zero-order valence-electron chi connectivity index (χ0n) is 9.74. The SMILES string of the molecule is CC(CC(=O)O)CC(=O)Nc1cc(I)ccc1Cl. The predicted molar refractivity (Wildman–Crippen MR) is 78.8 cm³/mol. The van der Waals surface area contributed by atoms with Crippen LogP contribution < -0.4 is 5.32 Å². The number of nitrogens with one attached hydrogen (secondary N) is 1. The second-order valence-corrected chi connectivity index (χ2v) is 5.73. The maximum Gasteiger partial charge on any atom is 0.303 e. The number of anilines is 1. The number of hydrogen-bond acceptors (Lipinski definition) is 2. The maximum atomic E-state index is 11.7. The monoisotopic (exact) mass is 381 g/mol. The summed E-state index contributed by atoms with van der Waals surface area (Å²) in [5.41, 5.74) is 0.552. The molecule has 0 saturated carbocycles. The minimum absolute atomic E-state index is 0.0204. The minimum Gasteiger partial charge on any atom is -0.481 e. The van der Waals surface area contributed by atoms with E-state index in [0.717, 1.165) is 3.57 Å². The van der Waals surface area contributed by atoms with E-state index in [1.54, 1.807) is 19.1 Å². The second kappa shape index (κ2) is 6.94. The molecule has 1 aromatic carbocycles. The van der Waals surface area contributed by atoms with Gasteiger partial charge in [-0.1, -0.05) is 18.5 Å². The first kappa shape index (κ1) is 15.2. The van der Waals surface area contributed by atoms with Gasteiger partial charge in [-0.3, -0.25) is 9.59 Å². The van der Waals surface area contributed by atoms with E-state index in [4.69, 9.17) is 16.7 Å². The van der Waals surface area contributed by atoms with E-state index in [1.165, 1.54) is 0 Å². The van der Waals surface area contributed by atoms with Crippen molar-refractivity contribution in [3.63, 3.8) is 0 Å². The van der Waals surface area contributed by atoms with Gasteiger partial charge in [-0.2, -0.15) is 0 Å². The van der Waals surface area contributed by atoms with Crippen LogP contribution in [0, 0.1) is 9.49 Å². The largest absolute Gasteiger partial charge is 0.481 e. The van der Waals surface area contributed by atoms with Crippen LogP contribution in [-0.4, -0.2) is 17.0 Å². The highest BCUT2D eigenvalue weighted by Gasteiger charge is 2.13. The van der Waals surface area contributed by atoms with Gasteiger partial charge in [0, 0.05) is 16.4 Å². The molecule has 0 aromatic heterocycles. The third-order valence-corrected chi connectivity index (χ3v) is 3.26. The molecule has 6 heteroatoms. The first-order valence-corrected chi connectivity index (χ1v) is 6.81. The summed E-state index contributed by atoms with van der Waals surface area (Å²) in [4.78, 5) is 22.2. The Hall–Kier alpha value is -0.820. The van der Waals surface area contributed by atoms with Gasteiger partial charge in [0.1, 0.15) is 0 Å². The predicted octanol–water partition coefficient (Wildman–Crippen LogP) is 3.38. The molecule has 0 spiro atoms. The summed E-state index contributed by atoms with van der Waals surface area (Å²) in [7, 11) is 0. The van der Waals surface area contributed by atoms with E-state index in [9.17, 15) is 9.59 Å². The third kappa shape index (κ3) is 5.22. The Bertz CT molecular complexity index is 465. The third-order valence-electron chi connectivity index (χ3n) is 2.26. The van der Waals surface area contributed by atoms with Crippen molar-refractivity contribution in [3.8, 4) is 0 Å². The van der Waals surface area contributed by atoms with Crippen molar-refractivity contribution in [2.75, 3.05) is 5.32 Å². The van der Waals surface area contributed by atoms with Crippen molar-refractivity contribution < 1.29 is 14.7 Å². The molecule has 98 valence electrons. The maximum absolute atomic E-state index is 11.7. The minimum atomic E-state index is -0.900. The van der Waals surface area contributed by atoms with Crippen molar-refractivity contribution in [1.82, 2.24) is 0 Å². The van der Waals surface area contributed by atoms with Crippen molar-refractivity contribution >= 4 is 51.8 Å². The lowest BCUT2D eigenvalue weighted by Gasteiger charge is -2.10. The smallest absolute Gasteiger partial charge is 0.303 e. The van der Waals surface area contributed by atoms with Crippen molar-refractivity contribution in [3.05, 3.63) is 26.8 Å². The summed E-state index contributed by atoms with van der Waals surface area (Å²) in [6, 6.07) is 5.31. The Morgan fingerprint density at radius 2 is 2.11 bits per heavy atom. The Balaban J connectivity index is 2.59. The molecule has 0 radical (unpaired) electrons. The van der Waals surface area contributed by atoms with Gasteiger partial charge < -0.3 is 10.4 Å². The average Bonchev–Trinajstić information content (AvgIpc) is 2.21. The van der Waals surface area contributed by atoms with E-state index >= 15 is 0 Å². The molecule has 0 bridgehead atoms. The van der Waals surface area contributed by atoms with Gasteiger partial charge >= 0.3 is 5.97 Å². The first-order valence-electron chi connectivity index (χ1n) is 5.35. The Morgan fingerprint density at radius 3 is 2.72 bits per heavy atom. The van der Waals surface area contributed by atoms with Crippen LogP contribution >= 0.6 is 34.2 Å². The molecule has 1 aromatic rings. The number of carbonyl (C=O) groups is 2. The van der Waals surface area contributed by atoms with E-state index in [1.807, 2.05) is 6.07 Å². The molecular formula is C12H13ClINO3. The van der Waals surface area contributed by atoms with Crippen LogP contribution in [0.3, 0.4) is 0 Å². The lowest BCUT2D eigenvalue weighted by atomic mass is 10.0. The van der Waals surface area contributed by atoms with Crippen molar-refractivity contribution in [2.45, 2.75) is 19.8 Å². The molecule has 4 nitrogen and oxygen atoms in total. The van der Waals surface area contributed by atoms with Crippen LogP contribution in [0.15, 0.2) is 18.2 Å². The summed E-state index contributed by atoms with van der Waals surface area (Å²) >= 11 is 8.07. The highest BCUT2D eigenvalue weighted by atomic mass is 127. The van der Waals surface area contributed by atoms with Crippen LogP contribution in [0.4, 0.5) is 5.69 Å². The van der Waals surface area contributed by atoms with Gasteiger partial charge in [0.25, 0.3) is 0 Å². The highest BCUT2D eigenvalue weighted by molar-refractivity contribution is 14.1. The Morgan fingerprint density at radius 1 is 1.44 bits per heavy atom. The molecule has 0 heterocycles. The quantitative estimate of drug-likeness (QED) is 0.769. The van der Waals surface area contributed by atoms with Crippen LogP contribution in [0.5, 0.6) is 0 Å². The molecule has 0 fully saturated rings. The number of carboxylic acids is 1. The molecule has 1 atom stereocenters. The van der Waals surface area contributed by atoms with Gasteiger partial charge in [-0.15, -0.1) is 0 Å². The van der Waals surface area contributed by atoms with E-state index in [0.29, 0.717) is 10.7 Å². The standard InChI is InChI=1S/C12H13ClINO3/c1-7(5-12(17)18)4-11(16)15-10-6-8(14)2-3-9(10)13/h2-3,6-7H,4-5H2,1H3,(H,15,16)(H,17,18). The number of benzene rings is 1. The Kier molecular flexibility index (Phi) is 5.87. The van der Waals surface area contributed by atoms with Gasteiger partial charge in [-0.25, -0.2) is 0 Å². The topological polar surface area (TPSA) is 66.4 Å². The van der Waals surface area contributed by atoms with Crippen LogP contribution in [0.2, 0.25) is 5.02 Å². The Labute approximate surface area is 124 Å². The number of carbonyl (C=O) groups excluding carboxylic acids is 1. The lowest BCUT2D eigenvalue weighted by Crippen LogP contribution is -2.17. The van der Waals surface area contributed by atoms with E-state index in [-0.39, 0.29) is 24.7 Å². The van der Waals surface area contributed by atoms with Gasteiger partial charge in [0.05, 0.1) is 10.7 Å². The van der Waals surface area contributed by atoms with Crippen LogP contribution in [-0.2, 0) is 9.59 Å². The average molecular weight is 382 g/mol. The van der Waals surface area contributed by atoms with E-state index < -0.39 is 5.97 Å². The lowest BCUT2D eigenvalue weighted by molar-refractivity contribution is -0.138. The van der Waals surface area contributed by atoms with Gasteiger partial charge in [0.15, 0.2) is 0 Å². The summed E-state index contributed by atoms with van der Waals surface area (Å²) < 4.78 is 0.964. The summed E-state index contributed by atoms with van der Waals surface area (Å²) in [5.74, 6) is -1.33. The molecule has 0 saturated heterocycles. The highest BCUT2D eigenvalue weighted by Crippen LogP contribution is 2.24. The van der Waals surface area contributed by atoms with Crippen molar-refractivity contribution in [1.29, 1.82) is 0 Å². The van der Waals surface area contributed by atoms with E-state index in [2.05, 4.69) is 27.9 Å². The number of amides is 1. The fourth-order valence-corrected chi connectivity index (χ4v) is 2.14. The molecule has 1 unspecified atom stereocenters. The molecule has 0 aliphatic rings.